The second-order valence-corrected chi connectivity index (χ2v) is 6.82. The molecular weight excluding hydrogens is 300 g/mol. The standard InChI is InChI=1S/C20H22N2O2/c23-19(22-10-3-4-11-22)13-21-20(24)18-12-17(18)16-9-5-7-14-6-1-2-8-15(14)16/h1-2,5-9,17-18H,3-4,10-13H2,(H,21,24)/t17-,18+/m0/s1. The van der Waals surface area contributed by atoms with Gasteiger partial charge in [-0.3, -0.25) is 9.59 Å². The van der Waals surface area contributed by atoms with Gasteiger partial charge in [-0.25, -0.2) is 0 Å². The van der Waals surface area contributed by atoms with E-state index in [1.807, 2.05) is 17.0 Å². The van der Waals surface area contributed by atoms with E-state index in [9.17, 15) is 9.59 Å². The molecule has 1 saturated heterocycles. The first-order valence-electron chi connectivity index (χ1n) is 8.77. The molecule has 24 heavy (non-hydrogen) atoms. The number of carbonyl (C=O) groups excluding carboxylic acids is 2. The van der Waals surface area contributed by atoms with Gasteiger partial charge in [0.25, 0.3) is 0 Å². The molecule has 4 rings (SSSR count). The van der Waals surface area contributed by atoms with Crippen LogP contribution in [0.3, 0.4) is 0 Å². The SMILES string of the molecule is O=C(NCC(=O)N1CCCC1)[C@@H]1C[C@H]1c1cccc2ccccc12. The molecule has 2 fully saturated rings. The van der Waals surface area contributed by atoms with Gasteiger partial charge in [0.05, 0.1) is 6.54 Å². The summed E-state index contributed by atoms with van der Waals surface area (Å²) >= 11 is 0. The topological polar surface area (TPSA) is 49.4 Å². The summed E-state index contributed by atoms with van der Waals surface area (Å²) in [7, 11) is 0. The summed E-state index contributed by atoms with van der Waals surface area (Å²) in [5.74, 6) is 0.337. The van der Waals surface area contributed by atoms with Crippen LogP contribution >= 0.6 is 0 Å². The highest BCUT2D eigenvalue weighted by Crippen LogP contribution is 2.49. The van der Waals surface area contributed by atoms with Crippen molar-refractivity contribution < 1.29 is 9.59 Å². The highest BCUT2D eigenvalue weighted by molar-refractivity contribution is 5.91. The molecule has 0 bridgehead atoms. The molecule has 1 saturated carbocycles. The van der Waals surface area contributed by atoms with E-state index in [1.54, 1.807) is 0 Å². The van der Waals surface area contributed by atoms with Crippen molar-refractivity contribution in [3.8, 4) is 0 Å². The van der Waals surface area contributed by atoms with E-state index in [0.29, 0.717) is 0 Å². The maximum atomic E-state index is 12.4. The minimum absolute atomic E-state index is 0.00202. The van der Waals surface area contributed by atoms with Crippen molar-refractivity contribution >= 4 is 22.6 Å². The molecular formula is C20H22N2O2. The Bertz CT molecular complexity index is 775. The van der Waals surface area contributed by atoms with Gasteiger partial charge in [0.2, 0.25) is 11.8 Å². The number of hydrogen-bond acceptors (Lipinski definition) is 2. The van der Waals surface area contributed by atoms with Crippen molar-refractivity contribution in [3.63, 3.8) is 0 Å². The van der Waals surface area contributed by atoms with Crippen molar-refractivity contribution in [1.82, 2.24) is 10.2 Å². The van der Waals surface area contributed by atoms with Crippen molar-refractivity contribution in [2.75, 3.05) is 19.6 Å². The minimum Gasteiger partial charge on any atom is -0.347 e. The molecule has 0 aromatic heterocycles. The van der Waals surface area contributed by atoms with Crippen molar-refractivity contribution in [2.24, 2.45) is 5.92 Å². The molecule has 2 aromatic carbocycles. The number of fused-ring (bicyclic) bond motifs is 1. The Kier molecular flexibility index (Phi) is 3.97. The van der Waals surface area contributed by atoms with Gasteiger partial charge in [0.15, 0.2) is 0 Å². The molecule has 2 amide bonds. The second-order valence-electron chi connectivity index (χ2n) is 6.82. The lowest BCUT2D eigenvalue weighted by Crippen LogP contribution is -2.39. The van der Waals surface area contributed by atoms with Crippen LogP contribution in [0.25, 0.3) is 10.8 Å². The fourth-order valence-electron chi connectivity index (χ4n) is 3.77. The summed E-state index contributed by atoms with van der Waals surface area (Å²) < 4.78 is 0. The Morgan fingerprint density at radius 1 is 1.04 bits per heavy atom. The smallest absolute Gasteiger partial charge is 0.241 e. The summed E-state index contributed by atoms with van der Waals surface area (Å²) in [6, 6.07) is 14.6. The molecule has 1 aliphatic heterocycles. The third kappa shape index (κ3) is 2.88. The summed E-state index contributed by atoms with van der Waals surface area (Å²) in [4.78, 5) is 26.2. The predicted molar refractivity (Wildman–Crippen MR) is 93.6 cm³/mol. The van der Waals surface area contributed by atoms with Gasteiger partial charge < -0.3 is 10.2 Å². The molecule has 4 heteroatoms. The number of rotatable bonds is 4. The van der Waals surface area contributed by atoms with Gasteiger partial charge in [-0.15, -0.1) is 0 Å². The molecule has 2 aliphatic rings. The zero-order valence-electron chi connectivity index (χ0n) is 13.7. The zero-order valence-corrected chi connectivity index (χ0v) is 13.7. The zero-order chi connectivity index (χ0) is 16.5. The van der Waals surface area contributed by atoms with Crippen LogP contribution < -0.4 is 5.32 Å². The van der Waals surface area contributed by atoms with Crippen LogP contribution in [-0.2, 0) is 9.59 Å². The molecule has 0 spiro atoms. The molecule has 0 unspecified atom stereocenters. The number of nitrogens with one attached hydrogen (secondary N) is 1. The molecule has 1 heterocycles. The van der Waals surface area contributed by atoms with Gasteiger partial charge in [-0.05, 0) is 41.5 Å². The quantitative estimate of drug-likeness (QED) is 0.941. The van der Waals surface area contributed by atoms with Crippen LogP contribution in [0.2, 0.25) is 0 Å². The highest BCUT2D eigenvalue weighted by Gasteiger charge is 2.44. The maximum Gasteiger partial charge on any atom is 0.241 e. The molecule has 1 N–H and O–H groups in total. The largest absolute Gasteiger partial charge is 0.347 e. The van der Waals surface area contributed by atoms with Crippen LogP contribution in [-0.4, -0.2) is 36.3 Å². The van der Waals surface area contributed by atoms with E-state index in [-0.39, 0.29) is 30.2 Å². The Balaban J connectivity index is 1.38. The van der Waals surface area contributed by atoms with Gasteiger partial charge in [-0.2, -0.15) is 0 Å². The Labute approximate surface area is 141 Å². The number of benzene rings is 2. The summed E-state index contributed by atoms with van der Waals surface area (Å²) in [5.41, 5.74) is 1.25. The van der Waals surface area contributed by atoms with Crippen LogP contribution in [0.5, 0.6) is 0 Å². The normalized spacial score (nSPS) is 22.6. The van der Waals surface area contributed by atoms with Gasteiger partial charge in [0.1, 0.15) is 0 Å². The molecule has 1 aliphatic carbocycles. The predicted octanol–water partition coefficient (Wildman–Crippen LogP) is 2.68. The van der Waals surface area contributed by atoms with E-state index < -0.39 is 0 Å². The summed E-state index contributed by atoms with van der Waals surface area (Å²) in [5, 5.41) is 5.28. The van der Waals surface area contributed by atoms with Crippen LogP contribution in [0.1, 0.15) is 30.7 Å². The highest BCUT2D eigenvalue weighted by atomic mass is 16.2. The fraction of sp³-hybridized carbons (Fsp3) is 0.400. The molecule has 2 aromatic rings. The van der Waals surface area contributed by atoms with E-state index in [0.717, 1.165) is 32.4 Å². The minimum atomic E-state index is 0.00202. The molecule has 4 nitrogen and oxygen atoms in total. The van der Waals surface area contributed by atoms with Crippen molar-refractivity contribution in [3.05, 3.63) is 48.0 Å². The number of likely N-dealkylation sites (tertiary alicyclic amines) is 1. The van der Waals surface area contributed by atoms with E-state index in [1.165, 1.54) is 16.3 Å². The molecule has 0 radical (unpaired) electrons. The molecule has 2 atom stereocenters. The van der Waals surface area contributed by atoms with Gasteiger partial charge in [0, 0.05) is 19.0 Å². The Hall–Kier alpha value is -2.36. The number of carbonyl (C=O) groups is 2. The maximum absolute atomic E-state index is 12.4. The fourth-order valence-corrected chi connectivity index (χ4v) is 3.77. The lowest BCUT2D eigenvalue weighted by Gasteiger charge is -2.15. The first-order valence-corrected chi connectivity index (χ1v) is 8.77. The number of amides is 2. The first-order chi connectivity index (χ1) is 11.7. The summed E-state index contributed by atoms with van der Waals surface area (Å²) in [6.45, 7) is 1.80. The third-order valence-electron chi connectivity index (χ3n) is 5.22. The van der Waals surface area contributed by atoms with Gasteiger partial charge >= 0.3 is 0 Å². The summed E-state index contributed by atoms with van der Waals surface area (Å²) in [6.07, 6.45) is 3.02. The number of nitrogens with zero attached hydrogens (tertiary/aromatic N) is 1. The van der Waals surface area contributed by atoms with Crippen molar-refractivity contribution in [2.45, 2.75) is 25.2 Å². The van der Waals surface area contributed by atoms with E-state index in [4.69, 9.17) is 0 Å². The van der Waals surface area contributed by atoms with E-state index in [2.05, 4.69) is 35.6 Å². The monoisotopic (exact) mass is 322 g/mol. The van der Waals surface area contributed by atoms with Crippen LogP contribution in [0.4, 0.5) is 0 Å². The van der Waals surface area contributed by atoms with Crippen LogP contribution in [0.15, 0.2) is 42.5 Å². The lowest BCUT2D eigenvalue weighted by atomic mass is 10.00. The second kappa shape index (κ2) is 6.27. The van der Waals surface area contributed by atoms with E-state index >= 15 is 0 Å². The van der Waals surface area contributed by atoms with Crippen molar-refractivity contribution in [1.29, 1.82) is 0 Å². The molecule has 124 valence electrons. The average Bonchev–Trinajstić information content (AvgIpc) is 3.22. The lowest BCUT2D eigenvalue weighted by molar-refractivity contribution is -0.132. The first kappa shape index (κ1) is 15.2. The van der Waals surface area contributed by atoms with Crippen LogP contribution in [0, 0.1) is 5.92 Å². The third-order valence-corrected chi connectivity index (χ3v) is 5.22. The van der Waals surface area contributed by atoms with Gasteiger partial charge in [-0.1, -0.05) is 42.5 Å². The number of hydrogen-bond donors (Lipinski definition) is 1. The average molecular weight is 322 g/mol. The Morgan fingerprint density at radius 3 is 2.62 bits per heavy atom. The Morgan fingerprint density at radius 2 is 1.79 bits per heavy atom.